The number of aryl methyl sites for hydroxylation is 1. The lowest BCUT2D eigenvalue weighted by Crippen LogP contribution is -2.32. The standard InChI is InChI=1S/C51H34O2/c1-32-15-2-6-20-38(32)50(42-24-10-12-27-46(42)52)41-23-9-5-18-37(41)49-34(19-14-26-44(49)50)33-29-30-48-45(31-33)51(43-25-11-13-28-47(43)53-48)39-21-7-3-16-35(39)36-17-4-8-22-40(36)51/h2-31,52H,1H3. The van der Waals surface area contributed by atoms with Crippen molar-refractivity contribution < 1.29 is 9.84 Å². The van der Waals surface area contributed by atoms with Crippen LogP contribution in [0.4, 0.5) is 0 Å². The molecule has 8 aromatic carbocycles. The summed E-state index contributed by atoms with van der Waals surface area (Å²) >= 11 is 0. The zero-order chi connectivity index (χ0) is 35.3. The van der Waals surface area contributed by atoms with Gasteiger partial charge in [-0.05, 0) is 98.0 Å². The lowest BCUT2D eigenvalue weighted by molar-refractivity contribution is 0.436. The van der Waals surface area contributed by atoms with Crippen molar-refractivity contribution in [2.24, 2.45) is 0 Å². The highest BCUT2D eigenvalue weighted by Crippen LogP contribution is 2.64. The van der Waals surface area contributed by atoms with E-state index in [-0.39, 0.29) is 5.75 Å². The summed E-state index contributed by atoms with van der Waals surface area (Å²) in [5.41, 5.74) is 16.3. The Hall–Kier alpha value is -6.64. The highest BCUT2D eigenvalue weighted by Gasteiger charge is 2.52. The Morgan fingerprint density at radius 1 is 0.377 bits per heavy atom. The van der Waals surface area contributed by atoms with Crippen molar-refractivity contribution in [3.8, 4) is 50.6 Å². The molecule has 0 fully saturated rings. The van der Waals surface area contributed by atoms with E-state index in [9.17, 15) is 5.11 Å². The van der Waals surface area contributed by atoms with Crippen molar-refractivity contribution in [3.05, 3.63) is 232 Å². The zero-order valence-corrected chi connectivity index (χ0v) is 29.2. The number of para-hydroxylation sites is 2. The van der Waals surface area contributed by atoms with Gasteiger partial charge in [0, 0.05) is 16.7 Å². The molecule has 2 heteroatoms. The predicted octanol–water partition coefficient (Wildman–Crippen LogP) is 12.2. The summed E-state index contributed by atoms with van der Waals surface area (Å²) in [7, 11) is 0. The largest absolute Gasteiger partial charge is 0.508 e. The number of rotatable bonds is 3. The molecule has 8 aromatic rings. The second kappa shape index (κ2) is 10.9. The molecule has 2 aliphatic carbocycles. The SMILES string of the molecule is Cc1ccccc1C1(c2ccccc2O)c2ccccc2-c2c(-c3ccc4c(c3)C3(c5ccccc5O4)c4ccccc4-c4ccccc43)cccc21. The van der Waals surface area contributed by atoms with Crippen molar-refractivity contribution in [2.45, 2.75) is 17.8 Å². The normalized spacial score (nSPS) is 16.5. The first-order chi connectivity index (χ1) is 26.1. The monoisotopic (exact) mass is 678 g/mol. The summed E-state index contributed by atoms with van der Waals surface area (Å²) in [4.78, 5) is 0. The molecule has 1 N–H and O–H groups in total. The third-order valence-corrected chi connectivity index (χ3v) is 12.1. The van der Waals surface area contributed by atoms with Crippen LogP contribution >= 0.6 is 0 Å². The zero-order valence-electron chi connectivity index (χ0n) is 29.2. The molecule has 1 spiro atoms. The van der Waals surface area contributed by atoms with Gasteiger partial charge in [-0.3, -0.25) is 0 Å². The Kier molecular flexibility index (Phi) is 6.19. The van der Waals surface area contributed by atoms with Gasteiger partial charge in [0.05, 0.1) is 10.8 Å². The maximum atomic E-state index is 11.7. The fourth-order valence-corrected chi connectivity index (χ4v) is 10.1. The number of ether oxygens (including phenoxy) is 1. The molecule has 0 bridgehead atoms. The Bertz CT molecular complexity index is 2720. The van der Waals surface area contributed by atoms with Crippen LogP contribution in [0.15, 0.2) is 182 Å². The number of phenols is 1. The van der Waals surface area contributed by atoms with Crippen LogP contribution in [0, 0.1) is 6.92 Å². The number of hydrogen-bond donors (Lipinski definition) is 1. The van der Waals surface area contributed by atoms with E-state index in [1.807, 2.05) is 18.2 Å². The summed E-state index contributed by atoms with van der Waals surface area (Å²) in [5, 5.41) is 11.7. The molecule has 0 radical (unpaired) electrons. The van der Waals surface area contributed by atoms with Crippen LogP contribution in [0.3, 0.4) is 0 Å². The number of aromatic hydroxyl groups is 1. The van der Waals surface area contributed by atoms with E-state index in [2.05, 4.69) is 171 Å². The van der Waals surface area contributed by atoms with Crippen molar-refractivity contribution >= 4 is 0 Å². The molecule has 250 valence electrons. The van der Waals surface area contributed by atoms with Crippen LogP contribution in [-0.2, 0) is 10.8 Å². The Labute approximate surface area is 309 Å². The topological polar surface area (TPSA) is 29.5 Å². The van der Waals surface area contributed by atoms with Crippen LogP contribution in [0.1, 0.15) is 50.1 Å². The van der Waals surface area contributed by atoms with Gasteiger partial charge in [-0.15, -0.1) is 0 Å². The summed E-state index contributed by atoms with van der Waals surface area (Å²) < 4.78 is 6.78. The van der Waals surface area contributed by atoms with Crippen LogP contribution in [0.5, 0.6) is 17.2 Å². The molecule has 0 amide bonds. The predicted molar refractivity (Wildman–Crippen MR) is 213 cm³/mol. The fraction of sp³-hybridized carbons (Fsp3) is 0.0588. The molecule has 0 aromatic heterocycles. The molecule has 0 saturated heterocycles. The molecule has 11 rings (SSSR count). The number of phenolic OH excluding ortho intramolecular Hbond substituents is 1. The minimum Gasteiger partial charge on any atom is -0.508 e. The van der Waals surface area contributed by atoms with Crippen LogP contribution in [-0.4, -0.2) is 5.11 Å². The molecule has 3 aliphatic rings. The minimum absolute atomic E-state index is 0.286. The maximum Gasteiger partial charge on any atom is 0.132 e. The van der Waals surface area contributed by atoms with Gasteiger partial charge < -0.3 is 9.84 Å². The Morgan fingerprint density at radius 3 is 1.57 bits per heavy atom. The number of hydrogen-bond acceptors (Lipinski definition) is 2. The van der Waals surface area contributed by atoms with Gasteiger partial charge in [-0.2, -0.15) is 0 Å². The average molecular weight is 679 g/mol. The summed E-state index contributed by atoms with van der Waals surface area (Å²) in [6.07, 6.45) is 0. The molecule has 1 atom stereocenters. The van der Waals surface area contributed by atoms with E-state index in [4.69, 9.17) is 4.74 Å². The van der Waals surface area contributed by atoms with Crippen molar-refractivity contribution in [1.82, 2.24) is 0 Å². The summed E-state index contributed by atoms with van der Waals surface area (Å²) in [5.74, 6) is 2.05. The molecule has 53 heavy (non-hydrogen) atoms. The van der Waals surface area contributed by atoms with Crippen LogP contribution in [0.25, 0.3) is 33.4 Å². The molecule has 1 unspecified atom stereocenters. The third-order valence-electron chi connectivity index (χ3n) is 12.1. The minimum atomic E-state index is -0.723. The van der Waals surface area contributed by atoms with E-state index < -0.39 is 10.8 Å². The number of benzene rings is 8. The molecular formula is C51H34O2. The molecule has 1 heterocycles. The first-order valence-corrected chi connectivity index (χ1v) is 18.3. The summed E-state index contributed by atoms with van der Waals surface area (Å²) in [6.45, 7) is 2.18. The van der Waals surface area contributed by atoms with Crippen LogP contribution in [0.2, 0.25) is 0 Å². The lowest BCUT2D eigenvalue weighted by Gasteiger charge is -2.39. The maximum absolute atomic E-state index is 11.7. The van der Waals surface area contributed by atoms with Gasteiger partial charge in [0.2, 0.25) is 0 Å². The van der Waals surface area contributed by atoms with Gasteiger partial charge in [0.1, 0.15) is 17.2 Å². The molecule has 2 nitrogen and oxygen atoms in total. The first-order valence-electron chi connectivity index (χ1n) is 18.3. The smallest absolute Gasteiger partial charge is 0.132 e. The Balaban J connectivity index is 1.23. The second-order valence-electron chi connectivity index (χ2n) is 14.5. The van der Waals surface area contributed by atoms with E-state index in [0.29, 0.717) is 0 Å². The van der Waals surface area contributed by atoms with Crippen molar-refractivity contribution in [3.63, 3.8) is 0 Å². The second-order valence-corrected chi connectivity index (χ2v) is 14.5. The van der Waals surface area contributed by atoms with E-state index >= 15 is 0 Å². The molecule has 1 aliphatic heterocycles. The first kappa shape index (κ1) is 30.0. The third kappa shape index (κ3) is 3.77. The van der Waals surface area contributed by atoms with Gasteiger partial charge >= 0.3 is 0 Å². The van der Waals surface area contributed by atoms with Gasteiger partial charge in [-0.25, -0.2) is 0 Å². The Morgan fingerprint density at radius 2 is 0.868 bits per heavy atom. The molecule has 0 saturated carbocycles. The highest BCUT2D eigenvalue weighted by atomic mass is 16.5. The lowest BCUT2D eigenvalue weighted by atomic mass is 9.65. The number of fused-ring (bicyclic) bond motifs is 12. The van der Waals surface area contributed by atoms with E-state index in [0.717, 1.165) is 44.9 Å². The van der Waals surface area contributed by atoms with E-state index in [1.54, 1.807) is 0 Å². The van der Waals surface area contributed by atoms with E-state index in [1.165, 1.54) is 50.1 Å². The molecular weight excluding hydrogens is 645 g/mol. The average Bonchev–Trinajstić information content (AvgIpc) is 3.67. The van der Waals surface area contributed by atoms with Crippen molar-refractivity contribution in [2.75, 3.05) is 0 Å². The van der Waals surface area contributed by atoms with Crippen molar-refractivity contribution in [1.29, 1.82) is 0 Å². The van der Waals surface area contributed by atoms with Gasteiger partial charge in [0.25, 0.3) is 0 Å². The van der Waals surface area contributed by atoms with Crippen LogP contribution < -0.4 is 4.74 Å². The summed E-state index contributed by atoms with van der Waals surface area (Å²) in [6, 6.07) is 65.0. The quantitative estimate of drug-likeness (QED) is 0.202. The fourth-order valence-electron chi connectivity index (χ4n) is 10.1. The highest BCUT2D eigenvalue weighted by molar-refractivity contribution is 5.97. The van der Waals surface area contributed by atoms with Gasteiger partial charge in [-0.1, -0.05) is 158 Å². The van der Waals surface area contributed by atoms with Gasteiger partial charge in [0.15, 0.2) is 0 Å².